The number of esters is 1. The van der Waals surface area contributed by atoms with Crippen molar-refractivity contribution in [2.24, 2.45) is 0 Å². The molecule has 8 heteroatoms. The Labute approximate surface area is 162 Å². The van der Waals surface area contributed by atoms with E-state index in [4.69, 9.17) is 9.47 Å². The molecule has 0 saturated carbocycles. The summed E-state index contributed by atoms with van der Waals surface area (Å²) in [5.74, 6) is -0.546. The van der Waals surface area contributed by atoms with Gasteiger partial charge in [0.25, 0.3) is 5.91 Å². The van der Waals surface area contributed by atoms with Gasteiger partial charge in [0.05, 0.1) is 18.5 Å². The van der Waals surface area contributed by atoms with Crippen LogP contribution in [0.1, 0.15) is 21.6 Å². The second kappa shape index (κ2) is 8.34. The molecule has 0 spiro atoms. The van der Waals surface area contributed by atoms with Crippen LogP contribution in [0.2, 0.25) is 0 Å². The Hall–Kier alpha value is -3.68. The molecule has 1 amide bonds. The Morgan fingerprint density at radius 3 is 2.61 bits per heavy atom. The molecule has 144 valence electrons. The summed E-state index contributed by atoms with van der Waals surface area (Å²) in [4.78, 5) is 28.4. The van der Waals surface area contributed by atoms with Gasteiger partial charge in [-0.1, -0.05) is 17.7 Å². The zero-order valence-electron chi connectivity index (χ0n) is 15.8. The van der Waals surface area contributed by atoms with E-state index in [2.05, 4.69) is 15.4 Å². The van der Waals surface area contributed by atoms with E-state index >= 15 is 0 Å². The highest BCUT2D eigenvalue weighted by Crippen LogP contribution is 2.18. The molecule has 2 aromatic heterocycles. The van der Waals surface area contributed by atoms with E-state index in [9.17, 15) is 9.59 Å². The number of hydrogen-bond donors (Lipinski definition) is 1. The number of carbonyl (C=O) groups excluding carboxylic acids is 2. The van der Waals surface area contributed by atoms with Crippen molar-refractivity contribution in [3.8, 4) is 11.6 Å². The molecule has 28 heavy (non-hydrogen) atoms. The second-order valence-corrected chi connectivity index (χ2v) is 6.10. The summed E-state index contributed by atoms with van der Waals surface area (Å²) in [5.41, 5.74) is 2.83. The van der Waals surface area contributed by atoms with Gasteiger partial charge in [0.1, 0.15) is 11.4 Å². The highest BCUT2D eigenvalue weighted by molar-refractivity contribution is 5.96. The Kier molecular flexibility index (Phi) is 5.69. The number of nitrogens with one attached hydrogen (secondary N) is 1. The van der Waals surface area contributed by atoms with Gasteiger partial charge >= 0.3 is 5.97 Å². The number of anilines is 1. The quantitative estimate of drug-likeness (QED) is 0.661. The maximum atomic E-state index is 12.3. The summed E-state index contributed by atoms with van der Waals surface area (Å²) in [7, 11) is 1.40. The number of methoxy groups -OCH3 is 1. The summed E-state index contributed by atoms with van der Waals surface area (Å²) in [5, 5.41) is 7.12. The smallest absolute Gasteiger partial charge is 0.344 e. The van der Waals surface area contributed by atoms with Crippen molar-refractivity contribution in [2.45, 2.75) is 13.8 Å². The van der Waals surface area contributed by atoms with Gasteiger partial charge in [-0.2, -0.15) is 5.10 Å². The normalized spacial score (nSPS) is 10.4. The number of ether oxygens (including phenoxy) is 2. The summed E-state index contributed by atoms with van der Waals surface area (Å²) in [6.07, 6.45) is 1.50. The topological polar surface area (TPSA) is 95.3 Å². The zero-order valence-corrected chi connectivity index (χ0v) is 15.8. The Morgan fingerprint density at radius 2 is 1.89 bits per heavy atom. The number of nitrogens with zero attached hydrogens (tertiary/aromatic N) is 3. The fraction of sp³-hybridized carbons (Fsp3) is 0.200. The fourth-order valence-corrected chi connectivity index (χ4v) is 2.57. The predicted molar refractivity (Wildman–Crippen MR) is 103 cm³/mol. The molecule has 3 rings (SSSR count). The SMILES string of the molecule is COc1ncccc1C(=O)OCC(=O)Nc1cc(C)nn1-c1ccc(C)cc1. The molecule has 0 aliphatic carbocycles. The first-order chi connectivity index (χ1) is 13.5. The van der Waals surface area contributed by atoms with E-state index in [1.165, 1.54) is 19.4 Å². The van der Waals surface area contributed by atoms with Crippen molar-refractivity contribution in [2.75, 3.05) is 19.0 Å². The molecular weight excluding hydrogens is 360 g/mol. The second-order valence-electron chi connectivity index (χ2n) is 6.10. The summed E-state index contributed by atoms with van der Waals surface area (Å²) < 4.78 is 11.7. The van der Waals surface area contributed by atoms with E-state index in [0.717, 1.165) is 16.9 Å². The van der Waals surface area contributed by atoms with Gasteiger partial charge in [0, 0.05) is 12.3 Å². The van der Waals surface area contributed by atoms with Gasteiger partial charge in [-0.25, -0.2) is 14.5 Å². The number of amides is 1. The molecule has 0 atom stereocenters. The van der Waals surface area contributed by atoms with Crippen molar-refractivity contribution < 1.29 is 19.1 Å². The number of aryl methyl sites for hydroxylation is 2. The lowest BCUT2D eigenvalue weighted by atomic mass is 10.2. The van der Waals surface area contributed by atoms with E-state index in [0.29, 0.717) is 5.82 Å². The highest BCUT2D eigenvalue weighted by atomic mass is 16.5. The van der Waals surface area contributed by atoms with Crippen LogP contribution in [0.4, 0.5) is 5.82 Å². The molecular formula is C20H20N4O4. The predicted octanol–water partition coefficient (Wildman–Crippen LogP) is 2.69. The molecule has 0 fully saturated rings. The number of pyridine rings is 1. The van der Waals surface area contributed by atoms with Gasteiger partial charge in [0.2, 0.25) is 5.88 Å². The van der Waals surface area contributed by atoms with E-state index < -0.39 is 18.5 Å². The van der Waals surface area contributed by atoms with Crippen molar-refractivity contribution in [1.29, 1.82) is 0 Å². The van der Waals surface area contributed by atoms with Crippen molar-refractivity contribution >= 4 is 17.7 Å². The molecule has 0 saturated heterocycles. The molecule has 3 aromatic rings. The van der Waals surface area contributed by atoms with Crippen LogP contribution in [0.5, 0.6) is 5.88 Å². The third kappa shape index (κ3) is 4.35. The zero-order chi connectivity index (χ0) is 20.1. The van der Waals surface area contributed by atoms with Crippen molar-refractivity contribution in [3.05, 3.63) is 65.5 Å². The Morgan fingerprint density at radius 1 is 1.14 bits per heavy atom. The van der Waals surface area contributed by atoms with E-state index in [-0.39, 0.29) is 11.4 Å². The largest absolute Gasteiger partial charge is 0.480 e. The minimum atomic E-state index is -0.691. The van der Waals surface area contributed by atoms with Crippen molar-refractivity contribution in [3.63, 3.8) is 0 Å². The van der Waals surface area contributed by atoms with Crippen LogP contribution < -0.4 is 10.1 Å². The number of hydrogen-bond acceptors (Lipinski definition) is 6. The molecule has 1 N–H and O–H groups in total. The first-order valence-corrected chi connectivity index (χ1v) is 8.57. The molecule has 0 radical (unpaired) electrons. The van der Waals surface area contributed by atoms with Gasteiger partial charge in [0.15, 0.2) is 6.61 Å². The van der Waals surface area contributed by atoms with Crippen LogP contribution in [0.3, 0.4) is 0 Å². The maximum Gasteiger partial charge on any atom is 0.344 e. The lowest BCUT2D eigenvalue weighted by molar-refractivity contribution is -0.119. The molecule has 8 nitrogen and oxygen atoms in total. The van der Waals surface area contributed by atoms with Crippen LogP contribution in [0, 0.1) is 13.8 Å². The number of aromatic nitrogens is 3. The molecule has 2 heterocycles. The van der Waals surface area contributed by atoms with Crippen LogP contribution in [-0.2, 0) is 9.53 Å². The number of benzene rings is 1. The van der Waals surface area contributed by atoms with E-state index in [1.807, 2.05) is 38.1 Å². The minimum absolute atomic E-state index is 0.140. The standard InChI is InChI=1S/C20H20N4O4/c1-13-6-8-15(9-7-13)24-17(11-14(2)23-24)22-18(25)12-28-20(26)16-5-4-10-21-19(16)27-3/h4-11H,12H2,1-3H3,(H,22,25). The number of carbonyl (C=O) groups is 2. The van der Waals surface area contributed by atoms with Crippen LogP contribution in [-0.4, -0.2) is 40.4 Å². The summed E-state index contributed by atoms with van der Waals surface area (Å²) in [6.45, 7) is 3.37. The van der Waals surface area contributed by atoms with Gasteiger partial charge in [-0.05, 0) is 38.1 Å². The third-order valence-corrected chi connectivity index (χ3v) is 3.90. The Bertz CT molecular complexity index is 996. The fourth-order valence-electron chi connectivity index (χ4n) is 2.57. The van der Waals surface area contributed by atoms with Crippen LogP contribution in [0.15, 0.2) is 48.7 Å². The van der Waals surface area contributed by atoms with Crippen molar-refractivity contribution in [1.82, 2.24) is 14.8 Å². The molecule has 0 aliphatic heterocycles. The lowest BCUT2D eigenvalue weighted by Gasteiger charge is -2.10. The van der Waals surface area contributed by atoms with Crippen LogP contribution in [0.25, 0.3) is 5.69 Å². The first kappa shape index (κ1) is 19.1. The highest BCUT2D eigenvalue weighted by Gasteiger charge is 2.17. The third-order valence-electron chi connectivity index (χ3n) is 3.90. The monoisotopic (exact) mass is 380 g/mol. The maximum absolute atomic E-state index is 12.3. The average Bonchev–Trinajstić information content (AvgIpc) is 3.06. The summed E-state index contributed by atoms with van der Waals surface area (Å²) in [6, 6.07) is 12.6. The molecule has 1 aromatic carbocycles. The summed E-state index contributed by atoms with van der Waals surface area (Å²) >= 11 is 0. The molecule has 0 aliphatic rings. The minimum Gasteiger partial charge on any atom is -0.480 e. The van der Waals surface area contributed by atoms with Gasteiger partial charge in [-0.15, -0.1) is 0 Å². The average molecular weight is 380 g/mol. The lowest BCUT2D eigenvalue weighted by Crippen LogP contribution is -2.22. The van der Waals surface area contributed by atoms with Gasteiger partial charge in [-0.3, -0.25) is 4.79 Å². The molecule has 0 bridgehead atoms. The van der Waals surface area contributed by atoms with Crippen LogP contribution >= 0.6 is 0 Å². The first-order valence-electron chi connectivity index (χ1n) is 8.57. The molecule has 0 unspecified atom stereocenters. The number of rotatable bonds is 6. The van der Waals surface area contributed by atoms with E-state index in [1.54, 1.807) is 16.8 Å². The van der Waals surface area contributed by atoms with Gasteiger partial charge < -0.3 is 14.8 Å². The Balaban J connectivity index is 1.67.